The van der Waals surface area contributed by atoms with Gasteiger partial charge in [-0.05, 0) is 36.8 Å². The van der Waals surface area contributed by atoms with Gasteiger partial charge in [-0.15, -0.1) is 5.10 Å². The Labute approximate surface area is 195 Å². The first-order valence-corrected chi connectivity index (χ1v) is 10.6. The van der Waals surface area contributed by atoms with Gasteiger partial charge in [-0.25, -0.2) is 9.67 Å². The van der Waals surface area contributed by atoms with Gasteiger partial charge >= 0.3 is 0 Å². The number of aryl methyl sites for hydroxylation is 1. The molecule has 0 aliphatic heterocycles. The minimum atomic E-state index is -0.189. The van der Waals surface area contributed by atoms with Gasteiger partial charge in [0.1, 0.15) is 11.5 Å². The Bertz CT molecular complexity index is 1540. The number of methoxy groups -OCH3 is 2. The molecule has 2 aromatic carbocycles. The van der Waals surface area contributed by atoms with E-state index >= 15 is 0 Å². The fourth-order valence-electron chi connectivity index (χ4n) is 3.97. The molecule has 0 atom stereocenters. The SMILES string of the molecule is COc1cc2nc(C)n(-c3ccccc3Cn3cc(-c4cccnc4)nn3)c(=O)c2cc1OC. The summed E-state index contributed by atoms with van der Waals surface area (Å²) in [4.78, 5) is 22.4. The number of nitrogens with zero attached hydrogens (tertiary/aromatic N) is 6. The number of pyridine rings is 1. The lowest BCUT2D eigenvalue weighted by atomic mass is 10.1. The molecule has 3 heterocycles. The van der Waals surface area contributed by atoms with Crippen LogP contribution in [0.3, 0.4) is 0 Å². The van der Waals surface area contributed by atoms with Crippen molar-refractivity contribution in [3.63, 3.8) is 0 Å². The highest BCUT2D eigenvalue weighted by atomic mass is 16.5. The molecule has 9 heteroatoms. The minimum absolute atomic E-state index is 0.189. The van der Waals surface area contributed by atoms with Crippen molar-refractivity contribution in [2.45, 2.75) is 13.5 Å². The molecule has 5 rings (SSSR count). The first-order valence-electron chi connectivity index (χ1n) is 10.6. The summed E-state index contributed by atoms with van der Waals surface area (Å²) in [6.45, 7) is 2.24. The summed E-state index contributed by atoms with van der Waals surface area (Å²) in [6.07, 6.45) is 5.32. The van der Waals surface area contributed by atoms with Gasteiger partial charge in [-0.2, -0.15) is 0 Å². The molecule has 0 fully saturated rings. The number of rotatable bonds is 6. The van der Waals surface area contributed by atoms with Crippen LogP contribution in [0.15, 0.2) is 71.9 Å². The molecule has 0 unspecified atom stereocenters. The summed E-state index contributed by atoms with van der Waals surface area (Å²) in [5.74, 6) is 1.56. The van der Waals surface area contributed by atoms with E-state index in [0.29, 0.717) is 34.8 Å². The number of fused-ring (bicyclic) bond motifs is 1. The Kier molecular flexibility index (Phi) is 5.51. The molecule has 170 valence electrons. The topological polar surface area (TPSA) is 97.0 Å². The minimum Gasteiger partial charge on any atom is -0.493 e. The van der Waals surface area contributed by atoms with Crippen molar-refractivity contribution in [2.75, 3.05) is 14.2 Å². The Morgan fingerprint density at radius 2 is 1.79 bits per heavy atom. The highest BCUT2D eigenvalue weighted by Crippen LogP contribution is 2.30. The molecule has 0 spiro atoms. The average molecular weight is 454 g/mol. The molecule has 9 nitrogen and oxygen atoms in total. The van der Waals surface area contributed by atoms with E-state index in [1.165, 1.54) is 7.11 Å². The molecule has 3 aromatic heterocycles. The van der Waals surface area contributed by atoms with E-state index < -0.39 is 0 Å². The maximum atomic E-state index is 13.6. The van der Waals surface area contributed by atoms with Gasteiger partial charge in [0.05, 0.1) is 43.6 Å². The predicted octanol–water partition coefficient (Wildman–Crippen LogP) is 3.41. The lowest BCUT2D eigenvalue weighted by Crippen LogP contribution is -2.24. The zero-order valence-electron chi connectivity index (χ0n) is 19.0. The van der Waals surface area contributed by atoms with E-state index in [9.17, 15) is 4.79 Å². The molecule has 0 amide bonds. The Hall–Kier alpha value is -4.53. The van der Waals surface area contributed by atoms with Crippen molar-refractivity contribution in [3.05, 3.63) is 88.9 Å². The van der Waals surface area contributed by atoms with E-state index in [1.807, 2.05) is 49.5 Å². The van der Waals surface area contributed by atoms with Gasteiger partial charge in [0.25, 0.3) is 5.56 Å². The van der Waals surface area contributed by atoms with Crippen LogP contribution in [-0.2, 0) is 6.54 Å². The van der Waals surface area contributed by atoms with E-state index in [1.54, 1.807) is 40.9 Å². The van der Waals surface area contributed by atoms with Crippen LogP contribution in [0.5, 0.6) is 11.5 Å². The molecule has 0 aliphatic carbocycles. The van der Waals surface area contributed by atoms with Crippen molar-refractivity contribution in [1.82, 2.24) is 29.5 Å². The van der Waals surface area contributed by atoms with Gasteiger partial charge in [0.2, 0.25) is 0 Å². The number of benzene rings is 2. The van der Waals surface area contributed by atoms with Crippen LogP contribution in [0, 0.1) is 6.92 Å². The maximum Gasteiger partial charge on any atom is 0.266 e. The number of hydrogen-bond donors (Lipinski definition) is 0. The molecule has 34 heavy (non-hydrogen) atoms. The average Bonchev–Trinajstić information content (AvgIpc) is 3.33. The standard InChI is InChI=1S/C25H22N6O3/c1-16-27-20-12-24(34-3)23(33-2)11-19(20)25(32)31(16)22-9-5-4-7-18(22)14-30-15-21(28-29-30)17-8-6-10-26-13-17/h4-13,15H,14H2,1-3H3. The number of ether oxygens (including phenoxy) is 2. The molecule has 0 bridgehead atoms. The van der Waals surface area contributed by atoms with Crippen molar-refractivity contribution >= 4 is 10.9 Å². The molecule has 0 N–H and O–H groups in total. The van der Waals surface area contributed by atoms with Crippen molar-refractivity contribution in [2.24, 2.45) is 0 Å². The molecular weight excluding hydrogens is 432 g/mol. The second-order valence-corrected chi connectivity index (χ2v) is 7.70. The van der Waals surface area contributed by atoms with Crippen LogP contribution >= 0.6 is 0 Å². The van der Waals surface area contributed by atoms with Crippen molar-refractivity contribution in [3.8, 4) is 28.4 Å². The van der Waals surface area contributed by atoms with Crippen LogP contribution < -0.4 is 15.0 Å². The second kappa shape index (κ2) is 8.78. The first-order chi connectivity index (χ1) is 16.6. The third-order valence-electron chi connectivity index (χ3n) is 5.60. The third-order valence-corrected chi connectivity index (χ3v) is 5.60. The Morgan fingerprint density at radius 3 is 2.56 bits per heavy atom. The van der Waals surface area contributed by atoms with E-state index in [0.717, 1.165) is 22.5 Å². The van der Waals surface area contributed by atoms with Crippen LogP contribution in [0.2, 0.25) is 0 Å². The van der Waals surface area contributed by atoms with Crippen molar-refractivity contribution < 1.29 is 9.47 Å². The fraction of sp³-hybridized carbons (Fsp3) is 0.160. The van der Waals surface area contributed by atoms with Gasteiger partial charge in [-0.1, -0.05) is 23.4 Å². The van der Waals surface area contributed by atoms with Gasteiger partial charge in [-0.3, -0.25) is 14.3 Å². The lowest BCUT2D eigenvalue weighted by molar-refractivity contribution is 0.355. The summed E-state index contributed by atoms with van der Waals surface area (Å²) in [7, 11) is 3.09. The smallest absolute Gasteiger partial charge is 0.266 e. The Morgan fingerprint density at radius 1 is 1.00 bits per heavy atom. The number of hydrogen-bond acceptors (Lipinski definition) is 7. The summed E-state index contributed by atoms with van der Waals surface area (Å²) >= 11 is 0. The molecule has 0 saturated heterocycles. The number of para-hydroxylation sites is 1. The highest BCUT2D eigenvalue weighted by molar-refractivity contribution is 5.82. The van der Waals surface area contributed by atoms with E-state index in [-0.39, 0.29) is 5.56 Å². The molecule has 5 aromatic rings. The van der Waals surface area contributed by atoms with E-state index in [2.05, 4.69) is 20.3 Å². The third kappa shape index (κ3) is 3.77. The second-order valence-electron chi connectivity index (χ2n) is 7.70. The van der Waals surface area contributed by atoms with Crippen molar-refractivity contribution in [1.29, 1.82) is 0 Å². The highest BCUT2D eigenvalue weighted by Gasteiger charge is 2.16. The molecule has 0 radical (unpaired) electrons. The van der Waals surface area contributed by atoms with Crippen LogP contribution in [0.25, 0.3) is 27.8 Å². The fourth-order valence-corrected chi connectivity index (χ4v) is 3.97. The van der Waals surface area contributed by atoms with Gasteiger partial charge in [0.15, 0.2) is 11.5 Å². The summed E-state index contributed by atoms with van der Waals surface area (Å²) in [6, 6.07) is 14.9. The lowest BCUT2D eigenvalue weighted by Gasteiger charge is -2.16. The zero-order valence-corrected chi connectivity index (χ0v) is 19.0. The van der Waals surface area contributed by atoms with Crippen LogP contribution in [-0.4, -0.2) is 43.7 Å². The summed E-state index contributed by atoms with van der Waals surface area (Å²) < 4.78 is 14.1. The quantitative estimate of drug-likeness (QED) is 0.388. The van der Waals surface area contributed by atoms with Gasteiger partial charge in [0, 0.05) is 24.0 Å². The summed E-state index contributed by atoms with van der Waals surface area (Å²) in [5, 5.41) is 8.97. The molecular formula is C25H22N6O3. The maximum absolute atomic E-state index is 13.6. The monoisotopic (exact) mass is 454 g/mol. The normalized spacial score (nSPS) is 11.0. The van der Waals surface area contributed by atoms with Gasteiger partial charge < -0.3 is 9.47 Å². The zero-order chi connectivity index (χ0) is 23.7. The van der Waals surface area contributed by atoms with Crippen LogP contribution in [0.4, 0.5) is 0 Å². The summed E-state index contributed by atoms with van der Waals surface area (Å²) in [5.41, 5.74) is 3.60. The first kappa shape index (κ1) is 21.3. The molecule has 0 saturated carbocycles. The largest absolute Gasteiger partial charge is 0.493 e. The van der Waals surface area contributed by atoms with E-state index in [4.69, 9.17) is 9.47 Å². The number of aromatic nitrogens is 6. The predicted molar refractivity (Wildman–Crippen MR) is 128 cm³/mol. The Balaban J connectivity index is 1.59. The molecule has 0 aliphatic rings. The van der Waals surface area contributed by atoms with Crippen LogP contribution in [0.1, 0.15) is 11.4 Å².